The van der Waals surface area contributed by atoms with Gasteiger partial charge in [0.1, 0.15) is 12.4 Å². The molecule has 0 unspecified atom stereocenters. The summed E-state index contributed by atoms with van der Waals surface area (Å²) in [7, 11) is 0. The zero-order valence-electron chi connectivity index (χ0n) is 18.4. The first-order valence-corrected chi connectivity index (χ1v) is 11.3. The molecule has 3 aliphatic rings. The van der Waals surface area contributed by atoms with Gasteiger partial charge >= 0.3 is 5.97 Å². The summed E-state index contributed by atoms with van der Waals surface area (Å²) < 4.78 is 17.3. The predicted molar refractivity (Wildman–Crippen MR) is 117 cm³/mol. The second kappa shape index (κ2) is 9.69. The number of carbonyl (C=O) groups is 2. The van der Waals surface area contributed by atoms with Crippen LogP contribution in [0.25, 0.3) is 0 Å². The number of nitrogens with one attached hydrogen (secondary N) is 1. The van der Waals surface area contributed by atoms with Crippen LogP contribution in [0, 0.1) is 0 Å². The number of rotatable bonds is 7. The SMILES string of the molecule is CCCOc1ccccc1[C@@H]1C(C(=O)OC[C@H]2CCCO2)=C(C)NC2=C1C(=O)CCC2. The largest absolute Gasteiger partial charge is 0.493 e. The molecule has 0 amide bonds. The van der Waals surface area contributed by atoms with Crippen molar-refractivity contribution in [2.24, 2.45) is 0 Å². The maximum Gasteiger partial charge on any atom is 0.336 e. The van der Waals surface area contributed by atoms with E-state index in [1.54, 1.807) is 0 Å². The van der Waals surface area contributed by atoms with E-state index in [0.717, 1.165) is 49.1 Å². The summed E-state index contributed by atoms with van der Waals surface area (Å²) in [6.45, 7) is 5.45. The highest BCUT2D eigenvalue weighted by Gasteiger charge is 2.40. The molecule has 6 heteroatoms. The van der Waals surface area contributed by atoms with E-state index in [4.69, 9.17) is 14.2 Å². The van der Waals surface area contributed by atoms with Crippen LogP contribution in [-0.2, 0) is 19.1 Å². The van der Waals surface area contributed by atoms with Crippen LogP contribution in [0.4, 0.5) is 0 Å². The molecule has 0 spiro atoms. The molecule has 1 fully saturated rings. The van der Waals surface area contributed by atoms with Gasteiger partial charge in [-0.25, -0.2) is 4.79 Å². The lowest BCUT2D eigenvalue weighted by molar-refractivity contribution is -0.142. The minimum Gasteiger partial charge on any atom is -0.493 e. The van der Waals surface area contributed by atoms with Crippen molar-refractivity contribution in [3.05, 3.63) is 52.4 Å². The Morgan fingerprint density at radius 3 is 2.84 bits per heavy atom. The smallest absolute Gasteiger partial charge is 0.336 e. The number of benzene rings is 1. The van der Waals surface area contributed by atoms with Crippen LogP contribution in [0.1, 0.15) is 63.9 Å². The molecule has 1 aromatic carbocycles. The first-order chi connectivity index (χ1) is 15.1. The van der Waals surface area contributed by atoms with Gasteiger partial charge in [-0.05, 0) is 45.1 Å². The van der Waals surface area contributed by atoms with Gasteiger partial charge in [-0.15, -0.1) is 0 Å². The van der Waals surface area contributed by atoms with Gasteiger partial charge in [0.05, 0.1) is 24.2 Å². The Kier molecular flexibility index (Phi) is 6.76. The highest BCUT2D eigenvalue weighted by Crippen LogP contribution is 2.45. The van der Waals surface area contributed by atoms with Crippen LogP contribution in [0.15, 0.2) is 46.8 Å². The standard InChI is InChI=1S/C25H31NO5/c1-3-13-30-21-12-5-4-9-18(21)23-22(25(28)31-15-17-8-7-14-29-17)16(2)26-19-10-6-11-20(27)24(19)23/h4-5,9,12,17,23,26H,3,6-8,10-11,13-15H2,1-2H3/t17-,23-/m1/s1. The van der Waals surface area contributed by atoms with Gasteiger partial charge in [0.15, 0.2) is 5.78 Å². The molecule has 2 heterocycles. The molecule has 166 valence electrons. The first-order valence-electron chi connectivity index (χ1n) is 11.3. The summed E-state index contributed by atoms with van der Waals surface area (Å²) in [5.41, 5.74) is 3.65. The highest BCUT2D eigenvalue weighted by atomic mass is 16.6. The zero-order chi connectivity index (χ0) is 21.8. The molecule has 1 aliphatic carbocycles. The van der Waals surface area contributed by atoms with Gasteiger partial charge < -0.3 is 19.5 Å². The van der Waals surface area contributed by atoms with E-state index < -0.39 is 11.9 Å². The fraction of sp³-hybridized carbons (Fsp3) is 0.520. The fourth-order valence-corrected chi connectivity index (χ4v) is 4.65. The number of dihydropyridines is 1. The van der Waals surface area contributed by atoms with Gasteiger partial charge in [0.25, 0.3) is 0 Å². The van der Waals surface area contributed by atoms with Crippen molar-refractivity contribution in [1.82, 2.24) is 5.32 Å². The number of ketones is 1. The van der Waals surface area contributed by atoms with Crippen LogP contribution < -0.4 is 10.1 Å². The third kappa shape index (κ3) is 4.54. The molecule has 1 N–H and O–H groups in total. The third-order valence-corrected chi connectivity index (χ3v) is 6.11. The molecule has 0 bridgehead atoms. The summed E-state index contributed by atoms with van der Waals surface area (Å²) in [5, 5.41) is 3.34. The minimum absolute atomic E-state index is 0.0499. The molecule has 6 nitrogen and oxygen atoms in total. The molecule has 0 radical (unpaired) electrons. The van der Waals surface area contributed by atoms with Crippen LogP contribution in [0.3, 0.4) is 0 Å². The maximum absolute atomic E-state index is 13.3. The number of allylic oxidation sites excluding steroid dienone is 3. The summed E-state index contributed by atoms with van der Waals surface area (Å²) >= 11 is 0. The normalized spacial score (nSPS) is 23.5. The lowest BCUT2D eigenvalue weighted by Gasteiger charge is -2.34. The Hall–Kier alpha value is -2.60. The van der Waals surface area contributed by atoms with Gasteiger partial charge in [0, 0.05) is 35.6 Å². The average Bonchev–Trinajstić information content (AvgIpc) is 3.29. The highest BCUT2D eigenvalue weighted by molar-refractivity contribution is 6.04. The Labute approximate surface area is 183 Å². The zero-order valence-corrected chi connectivity index (χ0v) is 18.4. The second-order valence-electron chi connectivity index (χ2n) is 8.39. The maximum atomic E-state index is 13.3. The molecule has 2 atom stereocenters. The van der Waals surface area contributed by atoms with Crippen molar-refractivity contribution >= 4 is 11.8 Å². The Bertz CT molecular complexity index is 910. The molecule has 1 saturated heterocycles. The van der Waals surface area contributed by atoms with Crippen molar-refractivity contribution in [3.63, 3.8) is 0 Å². The number of hydrogen-bond acceptors (Lipinski definition) is 6. The van der Waals surface area contributed by atoms with E-state index in [2.05, 4.69) is 12.2 Å². The number of hydrogen-bond donors (Lipinski definition) is 1. The van der Waals surface area contributed by atoms with E-state index >= 15 is 0 Å². The molecule has 1 aromatic rings. The summed E-state index contributed by atoms with van der Waals surface area (Å²) in [5.74, 6) is -0.102. The number of carbonyl (C=O) groups excluding carboxylic acids is 2. The van der Waals surface area contributed by atoms with E-state index in [1.165, 1.54) is 0 Å². The van der Waals surface area contributed by atoms with Gasteiger partial charge in [-0.2, -0.15) is 0 Å². The topological polar surface area (TPSA) is 73.9 Å². The lowest BCUT2D eigenvalue weighted by atomic mass is 9.75. The first kappa shape index (κ1) is 21.6. The minimum atomic E-state index is -0.492. The fourth-order valence-electron chi connectivity index (χ4n) is 4.65. The Morgan fingerprint density at radius 1 is 1.23 bits per heavy atom. The van der Waals surface area contributed by atoms with E-state index in [-0.39, 0.29) is 18.5 Å². The summed E-state index contributed by atoms with van der Waals surface area (Å²) in [4.78, 5) is 26.4. The van der Waals surface area contributed by atoms with Crippen LogP contribution >= 0.6 is 0 Å². The van der Waals surface area contributed by atoms with E-state index in [9.17, 15) is 9.59 Å². The third-order valence-electron chi connectivity index (χ3n) is 6.11. The van der Waals surface area contributed by atoms with Crippen LogP contribution in [-0.4, -0.2) is 37.7 Å². The number of Topliss-reactive ketones (excluding diaryl/α,β-unsaturated/α-hetero) is 1. The van der Waals surface area contributed by atoms with Crippen molar-refractivity contribution in [1.29, 1.82) is 0 Å². The molecular weight excluding hydrogens is 394 g/mol. The van der Waals surface area contributed by atoms with Crippen molar-refractivity contribution in [2.45, 2.75) is 64.4 Å². The van der Waals surface area contributed by atoms with Gasteiger partial charge in [-0.3, -0.25) is 4.79 Å². The Morgan fingerprint density at radius 2 is 2.06 bits per heavy atom. The molecule has 0 aromatic heterocycles. The monoisotopic (exact) mass is 425 g/mol. The van der Waals surface area contributed by atoms with Crippen LogP contribution in [0.2, 0.25) is 0 Å². The molecular formula is C25H31NO5. The molecule has 4 rings (SSSR count). The van der Waals surface area contributed by atoms with E-state index in [1.807, 2.05) is 31.2 Å². The number of esters is 1. The second-order valence-corrected chi connectivity index (χ2v) is 8.39. The molecule has 2 aliphatic heterocycles. The summed E-state index contributed by atoms with van der Waals surface area (Å²) in [6, 6.07) is 7.70. The number of ether oxygens (including phenoxy) is 3. The molecule has 0 saturated carbocycles. The quantitative estimate of drug-likeness (QED) is 0.661. The molecule has 31 heavy (non-hydrogen) atoms. The predicted octanol–water partition coefficient (Wildman–Crippen LogP) is 4.17. The van der Waals surface area contributed by atoms with Crippen molar-refractivity contribution in [2.75, 3.05) is 19.8 Å². The average molecular weight is 426 g/mol. The summed E-state index contributed by atoms with van der Waals surface area (Å²) in [6.07, 6.45) is 4.81. The van der Waals surface area contributed by atoms with Gasteiger partial charge in [0.2, 0.25) is 0 Å². The van der Waals surface area contributed by atoms with Crippen molar-refractivity contribution < 1.29 is 23.8 Å². The van der Waals surface area contributed by atoms with Gasteiger partial charge in [-0.1, -0.05) is 25.1 Å². The Balaban J connectivity index is 1.72. The lowest BCUT2D eigenvalue weighted by Crippen LogP contribution is -2.35. The van der Waals surface area contributed by atoms with Crippen molar-refractivity contribution in [3.8, 4) is 5.75 Å². The number of para-hydroxylation sites is 1. The van der Waals surface area contributed by atoms with Crippen LogP contribution in [0.5, 0.6) is 5.75 Å². The van der Waals surface area contributed by atoms with E-state index in [0.29, 0.717) is 36.5 Å².